The number of aromatic nitrogens is 2. The van der Waals surface area contributed by atoms with Crippen molar-refractivity contribution in [2.24, 2.45) is 0 Å². The molecule has 0 saturated heterocycles. The van der Waals surface area contributed by atoms with Crippen molar-refractivity contribution in [2.45, 2.75) is 52.7 Å². The highest BCUT2D eigenvalue weighted by atomic mass is 35.5. The van der Waals surface area contributed by atoms with Crippen molar-refractivity contribution in [2.75, 3.05) is 44.9 Å². The third kappa shape index (κ3) is 11.9. The molecule has 264 valence electrons. The molecule has 0 atom stereocenters. The van der Waals surface area contributed by atoms with Gasteiger partial charge in [-0.15, -0.1) is 0 Å². The van der Waals surface area contributed by atoms with E-state index in [9.17, 15) is 9.59 Å². The van der Waals surface area contributed by atoms with E-state index in [4.69, 9.17) is 41.9 Å². The number of hydrogen-bond donors (Lipinski definition) is 2. The van der Waals surface area contributed by atoms with Crippen molar-refractivity contribution in [3.63, 3.8) is 0 Å². The average Bonchev–Trinajstić information content (AvgIpc) is 3.07. The number of hydrogen-bond acceptors (Lipinski definition) is 10. The number of carbonyl (C=O) groups excluding carboxylic acids is 2. The molecule has 0 aliphatic carbocycles. The molecule has 0 aliphatic rings. The monoisotopic (exact) mass is 703 g/mol. The van der Waals surface area contributed by atoms with Gasteiger partial charge in [0.1, 0.15) is 29.5 Å². The number of amides is 1. The quantitative estimate of drug-likeness (QED) is 0.0787. The van der Waals surface area contributed by atoms with Gasteiger partial charge in [-0.3, -0.25) is 14.8 Å². The number of pyridine rings is 2. The number of nitrogens with zero attached hydrogens (tertiary/aromatic N) is 3. The maximum absolute atomic E-state index is 13.0. The zero-order chi connectivity index (χ0) is 35.9. The molecule has 0 bridgehead atoms. The van der Waals surface area contributed by atoms with Gasteiger partial charge in [0.15, 0.2) is 0 Å². The minimum absolute atomic E-state index is 0.0374. The Hall–Kier alpha value is -4.96. The van der Waals surface area contributed by atoms with Crippen LogP contribution in [-0.4, -0.2) is 67.0 Å². The third-order valence-corrected chi connectivity index (χ3v) is 7.25. The molecule has 2 aromatic carbocycles. The van der Waals surface area contributed by atoms with E-state index < -0.39 is 11.7 Å². The van der Waals surface area contributed by atoms with Gasteiger partial charge in [-0.2, -0.15) is 0 Å². The molecule has 13 heteroatoms. The summed E-state index contributed by atoms with van der Waals surface area (Å²) in [6.07, 6.45) is 3.01. The Bertz CT molecular complexity index is 1790. The van der Waals surface area contributed by atoms with Crippen LogP contribution in [-0.2, 0) is 32.0 Å². The Morgan fingerprint density at radius 3 is 2.46 bits per heavy atom. The van der Waals surface area contributed by atoms with Crippen LogP contribution < -0.4 is 20.1 Å². The number of ketones is 1. The maximum Gasteiger partial charge on any atom is 0.407 e. The molecule has 0 fully saturated rings. The summed E-state index contributed by atoms with van der Waals surface area (Å²) in [7, 11) is 0. The fourth-order valence-electron chi connectivity index (χ4n) is 4.72. The predicted molar refractivity (Wildman–Crippen MR) is 192 cm³/mol. The standard InChI is InChI=1S/C37H42ClN5O7/c1-6-48-34-22-31-29(20-25(34)19-28(44)12-15-46-17-18-47-16-14-41-36(45)50-37(2,3)4)35(32(39-5)23-42-31)43-26-10-11-33(30(38)21-26)49-24-27-9-7-8-13-40-27/h7-11,13,20-23H,6,12,14-19,24H2,1-4H3,(H,41,45)(H,42,43). The average molecular weight is 704 g/mol. The van der Waals surface area contributed by atoms with Crippen LogP contribution in [0, 0.1) is 6.57 Å². The first-order chi connectivity index (χ1) is 24.1. The van der Waals surface area contributed by atoms with Crippen molar-refractivity contribution in [1.29, 1.82) is 0 Å². The fourth-order valence-corrected chi connectivity index (χ4v) is 4.96. The van der Waals surface area contributed by atoms with Gasteiger partial charge in [0, 0.05) is 54.5 Å². The zero-order valence-electron chi connectivity index (χ0n) is 28.7. The minimum Gasteiger partial charge on any atom is -0.494 e. The summed E-state index contributed by atoms with van der Waals surface area (Å²) in [5.74, 6) is 1.01. The first kappa shape index (κ1) is 37.9. The second kappa shape index (κ2) is 18.7. The number of halogens is 1. The molecule has 0 saturated carbocycles. The van der Waals surface area contributed by atoms with Crippen molar-refractivity contribution >= 4 is 51.4 Å². The van der Waals surface area contributed by atoms with Crippen molar-refractivity contribution in [1.82, 2.24) is 15.3 Å². The molecule has 0 aliphatic heterocycles. The molecule has 0 radical (unpaired) electrons. The summed E-state index contributed by atoms with van der Waals surface area (Å²) in [4.78, 5) is 37.1. The summed E-state index contributed by atoms with van der Waals surface area (Å²) < 4.78 is 28.0. The summed E-state index contributed by atoms with van der Waals surface area (Å²) in [6.45, 7) is 17.2. The lowest BCUT2D eigenvalue weighted by Crippen LogP contribution is -2.34. The second-order valence-corrected chi connectivity index (χ2v) is 12.4. The molecule has 2 heterocycles. The first-order valence-corrected chi connectivity index (χ1v) is 16.6. The third-order valence-electron chi connectivity index (χ3n) is 6.95. The fraction of sp³-hybridized carbons (Fsp3) is 0.378. The van der Waals surface area contributed by atoms with Crippen LogP contribution in [0.4, 0.5) is 21.9 Å². The van der Waals surface area contributed by atoms with Crippen molar-refractivity contribution < 1.29 is 33.3 Å². The maximum atomic E-state index is 13.0. The molecule has 0 unspecified atom stereocenters. The number of fused-ring (bicyclic) bond motifs is 1. The summed E-state index contributed by atoms with van der Waals surface area (Å²) in [5.41, 5.74) is 2.97. The smallest absolute Gasteiger partial charge is 0.407 e. The Kier molecular flexibility index (Phi) is 14.2. The van der Waals surface area contributed by atoms with Gasteiger partial charge in [-0.05, 0) is 64.1 Å². The molecule has 4 aromatic rings. The normalized spacial score (nSPS) is 11.1. The Labute approximate surface area is 297 Å². The van der Waals surface area contributed by atoms with E-state index >= 15 is 0 Å². The number of rotatable bonds is 18. The molecule has 12 nitrogen and oxygen atoms in total. The number of nitrogens with one attached hydrogen (secondary N) is 2. The lowest BCUT2D eigenvalue weighted by Gasteiger charge is -2.19. The van der Waals surface area contributed by atoms with Crippen LogP contribution in [0.3, 0.4) is 0 Å². The van der Waals surface area contributed by atoms with Gasteiger partial charge in [-0.25, -0.2) is 9.64 Å². The summed E-state index contributed by atoms with van der Waals surface area (Å²) >= 11 is 6.56. The van der Waals surface area contributed by atoms with Gasteiger partial charge >= 0.3 is 6.09 Å². The summed E-state index contributed by atoms with van der Waals surface area (Å²) in [5, 5.41) is 7.00. The summed E-state index contributed by atoms with van der Waals surface area (Å²) in [6, 6.07) is 14.5. The highest BCUT2D eigenvalue weighted by molar-refractivity contribution is 6.32. The first-order valence-electron chi connectivity index (χ1n) is 16.3. The van der Waals surface area contributed by atoms with E-state index in [0.29, 0.717) is 83.0 Å². The lowest BCUT2D eigenvalue weighted by molar-refractivity contribution is -0.119. The van der Waals surface area contributed by atoms with Crippen LogP contribution in [0.2, 0.25) is 5.02 Å². The van der Waals surface area contributed by atoms with Crippen LogP contribution in [0.5, 0.6) is 11.5 Å². The van der Waals surface area contributed by atoms with Crippen LogP contribution in [0.25, 0.3) is 15.7 Å². The molecular weight excluding hydrogens is 662 g/mol. The van der Waals surface area contributed by atoms with Gasteiger partial charge in [0.25, 0.3) is 0 Å². The van der Waals surface area contributed by atoms with E-state index in [1.807, 2.05) is 37.3 Å². The number of anilines is 2. The van der Waals surface area contributed by atoms with Crippen LogP contribution >= 0.6 is 11.6 Å². The van der Waals surface area contributed by atoms with Gasteiger partial charge in [0.2, 0.25) is 5.69 Å². The van der Waals surface area contributed by atoms with Gasteiger partial charge < -0.3 is 34.3 Å². The molecule has 0 spiro atoms. The van der Waals surface area contributed by atoms with E-state index in [1.165, 1.54) is 6.20 Å². The lowest BCUT2D eigenvalue weighted by atomic mass is 10.0. The van der Waals surface area contributed by atoms with E-state index in [0.717, 1.165) is 5.69 Å². The highest BCUT2D eigenvalue weighted by Crippen LogP contribution is 2.39. The number of carbonyl (C=O) groups is 2. The van der Waals surface area contributed by atoms with Crippen molar-refractivity contribution in [3.05, 3.63) is 88.6 Å². The molecule has 4 rings (SSSR count). The van der Waals surface area contributed by atoms with Crippen molar-refractivity contribution in [3.8, 4) is 11.5 Å². The van der Waals surface area contributed by atoms with Crippen LogP contribution in [0.15, 0.2) is 60.9 Å². The highest BCUT2D eigenvalue weighted by Gasteiger charge is 2.18. The largest absolute Gasteiger partial charge is 0.494 e. The molecular formula is C37H42ClN5O7. The molecule has 50 heavy (non-hydrogen) atoms. The van der Waals surface area contributed by atoms with Gasteiger partial charge in [-0.1, -0.05) is 17.7 Å². The number of alkyl carbamates (subject to hydrolysis) is 1. The van der Waals surface area contributed by atoms with E-state index in [-0.39, 0.29) is 31.8 Å². The molecule has 2 N–H and O–H groups in total. The SMILES string of the molecule is [C-]#[N+]c1cnc2cc(OCC)c(CC(=O)CCOCCOCCNC(=O)OC(C)(C)C)cc2c1Nc1ccc(OCc2ccccn2)c(Cl)c1. The zero-order valence-corrected chi connectivity index (χ0v) is 29.5. The molecule has 1 amide bonds. The minimum atomic E-state index is -0.560. The van der Waals surface area contributed by atoms with E-state index in [1.54, 1.807) is 45.2 Å². The Balaban J connectivity index is 1.36. The number of Topliss-reactive ketones (excluding diaryl/α,β-unsaturated/α-hetero) is 1. The van der Waals surface area contributed by atoms with Crippen LogP contribution in [0.1, 0.15) is 45.4 Å². The van der Waals surface area contributed by atoms with E-state index in [2.05, 4.69) is 25.4 Å². The number of benzene rings is 2. The second-order valence-electron chi connectivity index (χ2n) is 12.0. The number of ether oxygens (including phenoxy) is 5. The van der Waals surface area contributed by atoms with Gasteiger partial charge in [0.05, 0.1) is 61.5 Å². The Morgan fingerprint density at radius 2 is 1.76 bits per heavy atom. The Morgan fingerprint density at radius 1 is 0.960 bits per heavy atom. The topological polar surface area (TPSA) is 134 Å². The predicted octanol–water partition coefficient (Wildman–Crippen LogP) is 7.61. The molecule has 2 aromatic heterocycles.